The molecule has 4 rings (SSSR count). The van der Waals surface area contributed by atoms with Crippen molar-refractivity contribution in [3.63, 3.8) is 0 Å². The Morgan fingerprint density at radius 3 is 2.68 bits per heavy atom. The Labute approximate surface area is 165 Å². The van der Waals surface area contributed by atoms with Gasteiger partial charge in [-0.3, -0.25) is 0 Å². The van der Waals surface area contributed by atoms with E-state index in [1.165, 1.54) is 0 Å². The van der Waals surface area contributed by atoms with Gasteiger partial charge in [-0.15, -0.1) is 0 Å². The van der Waals surface area contributed by atoms with E-state index in [4.69, 9.17) is 4.74 Å². The van der Waals surface area contributed by atoms with Gasteiger partial charge in [-0.1, -0.05) is 48.5 Å². The van der Waals surface area contributed by atoms with Crippen molar-refractivity contribution in [2.24, 2.45) is 0 Å². The van der Waals surface area contributed by atoms with Crippen molar-refractivity contribution in [1.29, 1.82) is 0 Å². The monoisotopic (exact) mass is 375 g/mol. The highest BCUT2D eigenvalue weighted by atomic mass is 16.5. The molecule has 0 saturated carbocycles. The van der Waals surface area contributed by atoms with Crippen molar-refractivity contribution < 1.29 is 9.53 Å². The number of methoxy groups -OCH3 is 1. The Kier molecular flexibility index (Phi) is 5.44. The number of carbonyl (C=O) groups is 1. The molecule has 1 atom stereocenters. The summed E-state index contributed by atoms with van der Waals surface area (Å²) in [6.07, 6.45) is 2.86. The molecule has 0 aliphatic carbocycles. The van der Waals surface area contributed by atoms with Crippen LogP contribution in [-0.2, 0) is 11.3 Å². The number of ether oxygens (including phenoxy) is 1. The summed E-state index contributed by atoms with van der Waals surface area (Å²) in [6.45, 7) is 1.77. The molecule has 0 saturated heterocycles. The third-order valence-corrected chi connectivity index (χ3v) is 5.14. The lowest BCUT2D eigenvalue weighted by molar-refractivity contribution is 0.174. The summed E-state index contributed by atoms with van der Waals surface area (Å²) in [5, 5.41) is 3.07. The molecule has 0 spiro atoms. The van der Waals surface area contributed by atoms with Crippen molar-refractivity contribution >= 4 is 6.03 Å². The quantitative estimate of drug-likeness (QED) is 0.682. The third-order valence-electron chi connectivity index (χ3n) is 5.14. The summed E-state index contributed by atoms with van der Waals surface area (Å²) >= 11 is 0. The van der Waals surface area contributed by atoms with Gasteiger partial charge < -0.3 is 19.5 Å². The lowest BCUT2D eigenvalue weighted by Crippen LogP contribution is -2.42. The number of hydrogen-bond acceptors (Lipinski definition) is 2. The van der Waals surface area contributed by atoms with E-state index in [2.05, 4.69) is 46.4 Å². The van der Waals surface area contributed by atoms with Gasteiger partial charge in [-0.05, 0) is 35.7 Å². The van der Waals surface area contributed by atoms with Crippen LogP contribution in [0.4, 0.5) is 4.79 Å². The van der Waals surface area contributed by atoms with Crippen LogP contribution in [-0.4, -0.2) is 35.8 Å². The zero-order valence-corrected chi connectivity index (χ0v) is 16.0. The largest absolute Gasteiger partial charge is 0.385 e. The molecule has 2 aromatic carbocycles. The standard InChI is InChI=1S/C23H25N3O2/c1-28-16-8-14-24-23(27)26-17-19-11-5-6-12-20(19)25-15-7-13-21(25)22(26)18-9-3-2-4-10-18/h2-7,9-13,15,22H,8,14,16-17H2,1H3,(H,24,27)/t22-/m0/s1. The van der Waals surface area contributed by atoms with Gasteiger partial charge in [0.2, 0.25) is 0 Å². The lowest BCUT2D eigenvalue weighted by Gasteiger charge is -2.31. The predicted molar refractivity (Wildman–Crippen MR) is 109 cm³/mol. The number of hydrogen-bond donors (Lipinski definition) is 1. The molecule has 0 fully saturated rings. The van der Waals surface area contributed by atoms with Gasteiger partial charge in [0.15, 0.2) is 0 Å². The summed E-state index contributed by atoms with van der Waals surface area (Å²) in [6, 6.07) is 22.4. The van der Waals surface area contributed by atoms with E-state index in [0.29, 0.717) is 19.7 Å². The maximum absolute atomic E-state index is 13.2. The Hall–Kier alpha value is -3.05. The second-order valence-electron chi connectivity index (χ2n) is 6.95. The third kappa shape index (κ3) is 3.53. The molecule has 2 heterocycles. The first kappa shape index (κ1) is 18.3. The van der Waals surface area contributed by atoms with Gasteiger partial charge in [-0.2, -0.15) is 0 Å². The van der Waals surface area contributed by atoms with Gasteiger partial charge >= 0.3 is 6.03 Å². The number of nitrogens with zero attached hydrogens (tertiary/aromatic N) is 2. The molecule has 1 N–H and O–H groups in total. The number of rotatable bonds is 5. The van der Waals surface area contributed by atoms with Crippen molar-refractivity contribution in [3.8, 4) is 5.69 Å². The van der Waals surface area contributed by atoms with Crippen LogP contribution in [0.25, 0.3) is 5.69 Å². The van der Waals surface area contributed by atoms with Crippen LogP contribution in [0.2, 0.25) is 0 Å². The summed E-state index contributed by atoms with van der Waals surface area (Å²) in [7, 11) is 1.67. The lowest BCUT2D eigenvalue weighted by atomic mass is 10.0. The molecule has 144 valence electrons. The summed E-state index contributed by atoms with van der Waals surface area (Å²) in [4.78, 5) is 15.1. The van der Waals surface area contributed by atoms with E-state index in [1.54, 1.807) is 7.11 Å². The van der Waals surface area contributed by atoms with Crippen LogP contribution in [0.5, 0.6) is 0 Å². The average molecular weight is 375 g/mol. The Morgan fingerprint density at radius 1 is 1.07 bits per heavy atom. The number of amides is 2. The van der Waals surface area contributed by atoms with Crippen LogP contribution in [0, 0.1) is 0 Å². The fourth-order valence-corrected chi connectivity index (χ4v) is 3.84. The molecule has 28 heavy (non-hydrogen) atoms. The molecule has 0 bridgehead atoms. The number of fused-ring (bicyclic) bond motifs is 3. The maximum atomic E-state index is 13.2. The second-order valence-corrected chi connectivity index (χ2v) is 6.95. The van der Waals surface area contributed by atoms with Crippen molar-refractivity contribution in [2.75, 3.05) is 20.3 Å². The predicted octanol–water partition coefficient (Wildman–Crippen LogP) is 4.13. The maximum Gasteiger partial charge on any atom is 0.318 e. The van der Waals surface area contributed by atoms with Crippen LogP contribution in [0.1, 0.15) is 29.3 Å². The summed E-state index contributed by atoms with van der Waals surface area (Å²) in [5.74, 6) is 0. The van der Waals surface area contributed by atoms with E-state index >= 15 is 0 Å². The highest BCUT2D eigenvalue weighted by Gasteiger charge is 2.32. The minimum Gasteiger partial charge on any atom is -0.385 e. The molecule has 1 aromatic heterocycles. The van der Waals surface area contributed by atoms with E-state index < -0.39 is 0 Å². The SMILES string of the molecule is COCCCNC(=O)N1Cc2ccccc2-n2cccc2[C@@H]1c1ccccc1. The van der Waals surface area contributed by atoms with E-state index in [9.17, 15) is 4.79 Å². The van der Waals surface area contributed by atoms with E-state index in [-0.39, 0.29) is 12.1 Å². The highest BCUT2D eigenvalue weighted by molar-refractivity contribution is 5.76. The topological polar surface area (TPSA) is 46.5 Å². The average Bonchev–Trinajstić information content (AvgIpc) is 3.16. The minimum atomic E-state index is -0.161. The first-order chi connectivity index (χ1) is 13.8. The van der Waals surface area contributed by atoms with Crippen molar-refractivity contribution in [1.82, 2.24) is 14.8 Å². The van der Waals surface area contributed by atoms with Gasteiger partial charge in [-0.25, -0.2) is 4.79 Å². The summed E-state index contributed by atoms with van der Waals surface area (Å²) < 4.78 is 7.29. The molecule has 1 aliphatic rings. The Morgan fingerprint density at radius 2 is 1.86 bits per heavy atom. The Balaban J connectivity index is 1.75. The van der Waals surface area contributed by atoms with Crippen molar-refractivity contribution in [2.45, 2.75) is 19.0 Å². The first-order valence-corrected chi connectivity index (χ1v) is 9.63. The number of carbonyl (C=O) groups excluding carboxylic acids is 1. The number of nitrogens with one attached hydrogen (secondary N) is 1. The van der Waals surface area contributed by atoms with Crippen LogP contribution < -0.4 is 5.32 Å². The molecule has 2 amide bonds. The van der Waals surface area contributed by atoms with Gasteiger partial charge in [0.1, 0.15) is 0 Å². The molecular formula is C23H25N3O2. The fraction of sp³-hybridized carbons (Fsp3) is 0.261. The highest BCUT2D eigenvalue weighted by Crippen LogP contribution is 2.36. The number of aromatic nitrogens is 1. The van der Waals surface area contributed by atoms with Crippen LogP contribution in [0.3, 0.4) is 0 Å². The van der Waals surface area contributed by atoms with Crippen LogP contribution >= 0.6 is 0 Å². The first-order valence-electron chi connectivity index (χ1n) is 9.63. The second kappa shape index (κ2) is 8.31. The molecule has 3 aromatic rings. The van der Waals surface area contributed by atoms with Crippen LogP contribution in [0.15, 0.2) is 72.9 Å². The van der Waals surface area contributed by atoms with Gasteiger partial charge in [0.25, 0.3) is 0 Å². The molecule has 0 radical (unpaired) electrons. The van der Waals surface area contributed by atoms with Gasteiger partial charge in [0, 0.05) is 32.2 Å². The van der Waals surface area contributed by atoms with Crippen molar-refractivity contribution in [3.05, 3.63) is 89.7 Å². The molecule has 5 nitrogen and oxygen atoms in total. The zero-order valence-electron chi connectivity index (χ0n) is 16.0. The molecular weight excluding hydrogens is 350 g/mol. The van der Waals surface area contributed by atoms with E-state index in [0.717, 1.165) is 28.9 Å². The number of para-hydroxylation sites is 1. The fourth-order valence-electron chi connectivity index (χ4n) is 3.84. The molecule has 0 unspecified atom stereocenters. The van der Waals surface area contributed by atoms with E-state index in [1.807, 2.05) is 41.3 Å². The molecule has 5 heteroatoms. The smallest absolute Gasteiger partial charge is 0.318 e. The molecule has 1 aliphatic heterocycles. The minimum absolute atomic E-state index is 0.0607. The summed E-state index contributed by atoms with van der Waals surface area (Å²) in [5.41, 5.74) is 4.44. The number of benzene rings is 2. The normalized spacial score (nSPS) is 15.5. The van der Waals surface area contributed by atoms with Gasteiger partial charge in [0.05, 0.1) is 18.3 Å². The zero-order chi connectivity index (χ0) is 19.3. The Bertz CT molecular complexity index is 936. The number of urea groups is 1.